The summed E-state index contributed by atoms with van der Waals surface area (Å²) in [5, 5.41) is 9.44. The van der Waals surface area contributed by atoms with Gasteiger partial charge in [0.25, 0.3) is 5.66 Å². The molecule has 1 rings (SSSR count). The Bertz CT molecular complexity index is 277. The number of rotatable bonds is 1. The fourth-order valence-electron chi connectivity index (χ4n) is 1.87. The van der Waals surface area contributed by atoms with E-state index in [-0.39, 0.29) is 0 Å². The lowest BCUT2D eigenvalue weighted by Gasteiger charge is -2.15. The number of aliphatic hydroxyl groups excluding tert-OH is 1. The Morgan fingerprint density at radius 3 is 2.00 bits per heavy atom. The highest BCUT2D eigenvalue weighted by Gasteiger charge is 2.57. The Morgan fingerprint density at radius 1 is 1.38 bits per heavy atom. The zero-order chi connectivity index (χ0) is 10.4. The van der Waals surface area contributed by atoms with E-state index < -0.39 is 17.3 Å². The van der Waals surface area contributed by atoms with Gasteiger partial charge >= 0.3 is 0 Å². The lowest BCUT2D eigenvalue weighted by molar-refractivity contribution is -0.653. The fraction of sp³-hybridized carbons (Fsp3) is 0.889. The summed E-state index contributed by atoms with van der Waals surface area (Å²) in [4.78, 5) is 16.0. The molecule has 1 N–H and O–H groups in total. The highest BCUT2D eigenvalue weighted by Crippen LogP contribution is 2.31. The highest BCUT2D eigenvalue weighted by molar-refractivity contribution is 5.96. The molecule has 0 aromatic carbocycles. The van der Waals surface area contributed by atoms with Crippen molar-refractivity contribution in [2.24, 2.45) is 4.99 Å². The number of aliphatic imine (C=N–C) groups is 1. The van der Waals surface area contributed by atoms with Crippen LogP contribution in [0, 0.1) is 4.91 Å². The van der Waals surface area contributed by atoms with Gasteiger partial charge in [-0.15, -0.1) is 0 Å². The summed E-state index contributed by atoms with van der Waals surface area (Å²) >= 11 is 0. The van der Waals surface area contributed by atoms with Gasteiger partial charge in [0.2, 0.25) is 5.54 Å². The van der Waals surface area contributed by atoms with Crippen molar-refractivity contribution in [2.75, 3.05) is 0 Å². The van der Waals surface area contributed by atoms with Crippen LogP contribution in [0.1, 0.15) is 34.6 Å². The maximum atomic E-state index is 11.8. The minimum absolute atomic E-state index is 0.563. The second-order valence-electron chi connectivity index (χ2n) is 4.52. The summed E-state index contributed by atoms with van der Waals surface area (Å²) < 4.78 is 0.933. The first-order valence-electron chi connectivity index (χ1n) is 4.45. The van der Waals surface area contributed by atoms with E-state index in [1.807, 2.05) is 0 Å². The largest absolute Gasteiger partial charge is 0.387 e. The van der Waals surface area contributed by atoms with Gasteiger partial charge in [0.1, 0.15) is 5.71 Å². The van der Waals surface area contributed by atoms with Crippen LogP contribution >= 0.6 is 0 Å². The Morgan fingerprint density at radius 2 is 1.85 bits per heavy atom. The molecule has 1 aliphatic rings. The molecular formula is C9H17N2O2+. The molecule has 0 radical (unpaired) electrons. The summed E-state index contributed by atoms with van der Waals surface area (Å²) in [6.07, 6.45) is -0.659. The van der Waals surface area contributed by atoms with Gasteiger partial charge in [0.05, 0.1) is 6.10 Å². The molecule has 4 nitrogen and oxygen atoms in total. The van der Waals surface area contributed by atoms with E-state index in [9.17, 15) is 10.0 Å². The van der Waals surface area contributed by atoms with Crippen LogP contribution in [0.25, 0.3) is 0 Å². The first-order valence-corrected chi connectivity index (χ1v) is 4.45. The van der Waals surface area contributed by atoms with E-state index in [2.05, 4.69) is 4.99 Å². The van der Waals surface area contributed by atoms with Crippen LogP contribution in [-0.4, -0.2) is 32.9 Å². The van der Waals surface area contributed by atoms with Gasteiger partial charge in [-0.1, -0.05) is 0 Å². The summed E-state index contributed by atoms with van der Waals surface area (Å²) in [6.45, 7) is 8.69. The fourth-order valence-corrected chi connectivity index (χ4v) is 1.87. The topological polar surface area (TPSA) is 52.7 Å². The third-order valence-electron chi connectivity index (χ3n) is 2.42. The van der Waals surface area contributed by atoms with Crippen molar-refractivity contribution in [1.29, 1.82) is 0 Å². The molecule has 0 spiro atoms. The molecule has 1 atom stereocenters. The predicted molar refractivity (Wildman–Crippen MR) is 50.9 cm³/mol. The van der Waals surface area contributed by atoms with Crippen molar-refractivity contribution in [3.05, 3.63) is 4.91 Å². The SMILES string of the molecule is CC(O)C1=NC(C)(C)[N+](=O)C1(C)C. The van der Waals surface area contributed by atoms with Gasteiger partial charge in [0.15, 0.2) is 0 Å². The van der Waals surface area contributed by atoms with Crippen molar-refractivity contribution in [3.63, 3.8) is 0 Å². The molecule has 13 heavy (non-hydrogen) atoms. The van der Waals surface area contributed by atoms with Crippen molar-refractivity contribution in [1.82, 2.24) is 0 Å². The quantitative estimate of drug-likeness (QED) is 0.622. The minimum Gasteiger partial charge on any atom is -0.387 e. The van der Waals surface area contributed by atoms with Gasteiger partial charge < -0.3 is 5.11 Å². The first kappa shape index (κ1) is 10.3. The lowest BCUT2D eigenvalue weighted by Crippen LogP contribution is -2.46. The number of hydrogen-bond acceptors (Lipinski definition) is 3. The van der Waals surface area contributed by atoms with Crippen molar-refractivity contribution < 1.29 is 9.87 Å². The third-order valence-corrected chi connectivity index (χ3v) is 2.42. The maximum absolute atomic E-state index is 11.8. The average Bonchev–Trinajstić information content (AvgIpc) is 2.11. The van der Waals surface area contributed by atoms with Crippen LogP contribution in [0.15, 0.2) is 4.99 Å². The monoisotopic (exact) mass is 185 g/mol. The molecule has 74 valence electrons. The number of hydrogen-bond donors (Lipinski definition) is 1. The highest BCUT2D eigenvalue weighted by atomic mass is 16.3. The first-order chi connectivity index (χ1) is 5.69. The van der Waals surface area contributed by atoms with Crippen molar-refractivity contribution in [3.8, 4) is 0 Å². The van der Waals surface area contributed by atoms with Crippen LogP contribution in [0.3, 0.4) is 0 Å². The average molecular weight is 185 g/mol. The normalized spacial score (nSPS) is 27.2. The molecule has 0 fully saturated rings. The molecule has 0 aliphatic carbocycles. The summed E-state index contributed by atoms with van der Waals surface area (Å²) in [5.41, 5.74) is -0.888. The van der Waals surface area contributed by atoms with Gasteiger partial charge in [-0.3, -0.25) is 0 Å². The van der Waals surface area contributed by atoms with E-state index >= 15 is 0 Å². The van der Waals surface area contributed by atoms with E-state index in [0.29, 0.717) is 5.71 Å². The van der Waals surface area contributed by atoms with Crippen LogP contribution in [0.2, 0.25) is 0 Å². The van der Waals surface area contributed by atoms with Crippen molar-refractivity contribution >= 4 is 5.71 Å². The standard InChI is InChI=1S/C9H17N2O2/c1-6(12)7-8(2,3)11(13)9(4,5)10-7/h6,12H,1-5H3/q+1. The van der Waals surface area contributed by atoms with E-state index in [0.717, 1.165) is 4.76 Å². The Kier molecular flexibility index (Phi) is 2.07. The van der Waals surface area contributed by atoms with Gasteiger partial charge in [-0.25, -0.2) is 4.99 Å². The molecule has 1 heterocycles. The Labute approximate surface area is 78.2 Å². The van der Waals surface area contributed by atoms with E-state index in [1.165, 1.54) is 0 Å². The van der Waals surface area contributed by atoms with Crippen LogP contribution in [0.5, 0.6) is 0 Å². The molecule has 0 amide bonds. The van der Waals surface area contributed by atoms with Crippen LogP contribution in [0.4, 0.5) is 0 Å². The van der Waals surface area contributed by atoms with Gasteiger partial charge in [-0.05, 0) is 6.92 Å². The molecule has 0 aromatic rings. The molecule has 1 unspecified atom stereocenters. The smallest absolute Gasteiger partial charge is 0.298 e. The molecular weight excluding hydrogens is 168 g/mol. The molecule has 0 aromatic heterocycles. The zero-order valence-corrected chi connectivity index (χ0v) is 8.83. The molecule has 0 saturated carbocycles. The zero-order valence-electron chi connectivity index (χ0n) is 8.83. The maximum Gasteiger partial charge on any atom is 0.298 e. The molecule has 0 saturated heterocycles. The number of aliphatic hydroxyl groups is 1. The molecule has 1 aliphatic heterocycles. The van der Waals surface area contributed by atoms with Crippen LogP contribution in [-0.2, 0) is 0 Å². The minimum atomic E-state index is -0.754. The lowest BCUT2D eigenvalue weighted by atomic mass is 9.95. The second kappa shape index (κ2) is 2.61. The Hall–Kier alpha value is -0.770. The van der Waals surface area contributed by atoms with E-state index in [4.69, 9.17) is 0 Å². The second-order valence-corrected chi connectivity index (χ2v) is 4.52. The van der Waals surface area contributed by atoms with Crippen molar-refractivity contribution in [2.45, 2.75) is 51.9 Å². The van der Waals surface area contributed by atoms with Crippen LogP contribution < -0.4 is 0 Å². The third kappa shape index (κ3) is 1.39. The predicted octanol–water partition coefficient (Wildman–Crippen LogP) is 1.12. The number of nitrogens with zero attached hydrogens (tertiary/aromatic N) is 2. The number of nitroso groups, excluding NO2 is 1. The van der Waals surface area contributed by atoms with E-state index in [1.54, 1.807) is 34.6 Å². The van der Waals surface area contributed by atoms with Gasteiger partial charge in [-0.2, -0.15) is 0 Å². The summed E-state index contributed by atoms with van der Waals surface area (Å²) in [6, 6.07) is 0. The molecule has 0 bridgehead atoms. The van der Waals surface area contributed by atoms with Gasteiger partial charge in [0, 0.05) is 37.4 Å². The summed E-state index contributed by atoms with van der Waals surface area (Å²) in [5.74, 6) is 0. The Balaban J connectivity index is 3.17. The molecule has 4 heteroatoms. The summed E-state index contributed by atoms with van der Waals surface area (Å²) in [7, 11) is 0.